The van der Waals surface area contributed by atoms with Crippen molar-refractivity contribution in [1.29, 1.82) is 0 Å². The lowest BCUT2D eigenvalue weighted by molar-refractivity contribution is -0.134. The zero-order chi connectivity index (χ0) is 16.3. The number of hydrogen-bond acceptors (Lipinski definition) is 6. The van der Waals surface area contributed by atoms with E-state index in [9.17, 15) is 4.79 Å². The minimum atomic E-state index is -0.426. The number of esters is 1. The number of rotatable bonds is 8. The molecule has 0 aliphatic carbocycles. The fourth-order valence-electron chi connectivity index (χ4n) is 1.75. The maximum absolute atomic E-state index is 11.0. The Kier molecular flexibility index (Phi) is 6.74. The Morgan fingerprint density at radius 3 is 2.74 bits per heavy atom. The van der Waals surface area contributed by atoms with Gasteiger partial charge in [-0.05, 0) is 11.6 Å². The quantitative estimate of drug-likeness (QED) is 0.458. The average Bonchev–Trinajstić information content (AvgIpc) is 2.61. The molecule has 0 spiro atoms. The van der Waals surface area contributed by atoms with E-state index in [-0.39, 0.29) is 0 Å². The highest BCUT2D eigenvalue weighted by Crippen LogP contribution is 2.03. The van der Waals surface area contributed by atoms with Gasteiger partial charge in [0.15, 0.2) is 0 Å². The number of methoxy groups -OCH3 is 1. The first-order valence-electron chi connectivity index (χ1n) is 7.21. The van der Waals surface area contributed by atoms with Crippen molar-refractivity contribution in [2.24, 2.45) is 0 Å². The van der Waals surface area contributed by atoms with Crippen molar-refractivity contribution in [1.82, 2.24) is 9.97 Å². The van der Waals surface area contributed by atoms with Crippen LogP contribution in [0.5, 0.6) is 0 Å². The molecular weight excluding hydrogens is 294 g/mol. The molecule has 2 rings (SSSR count). The Morgan fingerprint density at radius 1 is 1.22 bits per heavy atom. The molecule has 6 heteroatoms. The predicted octanol–water partition coefficient (Wildman–Crippen LogP) is 2.29. The Hall–Kier alpha value is -2.73. The normalized spacial score (nSPS) is 10.7. The molecule has 23 heavy (non-hydrogen) atoms. The van der Waals surface area contributed by atoms with Gasteiger partial charge in [-0.1, -0.05) is 30.3 Å². The van der Waals surface area contributed by atoms with Crippen LogP contribution in [0.1, 0.15) is 11.3 Å². The molecule has 1 aromatic carbocycles. The molecule has 1 heterocycles. The summed E-state index contributed by atoms with van der Waals surface area (Å²) in [5.74, 6) is 0.230. The fourth-order valence-corrected chi connectivity index (χ4v) is 1.75. The maximum Gasteiger partial charge on any atom is 0.330 e. The van der Waals surface area contributed by atoms with Crippen LogP contribution >= 0.6 is 0 Å². The summed E-state index contributed by atoms with van der Waals surface area (Å²) in [6.45, 7) is 1.80. The number of hydrogen-bond donors (Lipinski definition) is 1. The summed E-state index contributed by atoms with van der Waals surface area (Å²) >= 11 is 0. The number of benzene rings is 1. The lowest BCUT2D eigenvalue weighted by atomic mass is 10.2. The molecule has 0 saturated heterocycles. The smallest absolute Gasteiger partial charge is 0.330 e. The molecule has 2 aromatic rings. The predicted molar refractivity (Wildman–Crippen MR) is 87.7 cm³/mol. The highest BCUT2D eigenvalue weighted by atomic mass is 16.5. The van der Waals surface area contributed by atoms with Crippen molar-refractivity contribution in [3.8, 4) is 0 Å². The minimum absolute atomic E-state index is 0.426. The monoisotopic (exact) mass is 313 g/mol. The number of nitrogens with one attached hydrogen (secondary N) is 1. The van der Waals surface area contributed by atoms with Gasteiger partial charge in [-0.3, -0.25) is 4.98 Å². The molecule has 120 valence electrons. The van der Waals surface area contributed by atoms with Crippen LogP contribution in [-0.4, -0.2) is 36.2 Å². The van der Waals surface area contributed by atoms with Crippen LogP contribution in [-0.2, 0) is 20.9 Å². The summed E-state index contributed by atoms with van der Waals surface area (Å²) < 4.78 is 10.1. The molecule has 0 fully saturated rings. The fraction of sp³-hybridized carbons (Fsp3) is 0.235. The maximum atomic E-state index is 11.0. The topological polar surface area (TPSA) is 73.3 Å². The highest BCUT2D eigenvalue weighted by molar-refractivity contribution is 5.86. The zero-order valence-corrected chi connectivity index (χ0v) is 12.9. The molecular formula is C17H19N3O3. The van der Waals surface area contributed by atoms with Crippen molar-refractivity contribution < 1.29 is 14.3 Å². The van der Waals surface area contributed by atoms with Crippen LogP contribution in [0.15, 0.2) is 48.8 Å². The second kappa shape index (κ2) is 9.32. The van der Waals surface area contributed by atoms with Crippen molar-refractivity contribution in [2.45, 2.75) is 6.61 Å². The first kappa shape index (κ1) is 16.6. The van der Waals surface area contributed by atoms with Gasteiger partial charge in [-0.25, -0.2) is 9.78 Å². The van der Waals surface area contributed by atoms with Crippen molar-refractivity contribution in [3.63, 3.8) is 0 Å². The van der Waals surface area contributed by atoms with Crippen molar-refractivity contribution in [3.05, 3.63) is 60.1 Å². The van der Waals surface area contributed by atoms with E-state index in [4.69, 9.17) is 4.74 Å². The van der Waals surface area contributed by atoms with Crippen LogP contribution < -0.4 is 5.32 Å². The van der Waals surface area contributed by atoms with E-state index in [1.54, 1.807) is 18.5 Å². The third-order valence-corrected chi connectivity index (χ3v) is 2.93. The summed E-state index contributed by atoms with van der Waals surface area (Å²) in [6, 6.07) is 10.0. The van der Waals surface area contributed by atoms with Gasteiger partial charge in [0.1, 0.15) is 5.82 Å². The van der Waals surface area contributed by atoms with Crippen LogP contribution in [0.3, 0.4) is 0 Å². The van der Waals surface area contributed by atoms with E-state index in [2.05, 4.69) is 20.0 Å². The molecule has 0 atom stereocenters. The average molecular weight is 313 g/mol. The molecule has 1 N–H and O–H groups in total. The first-order chi connectivity index (χ1) is 11.3. The van der Waals surface area contributed by atoms with Gasteiger partial charge >= 0.3 is 5.97 Å². The summed E-state index contributed by atoms with van der Waals surface area (Å²) in [7, 11) is 1.32. The van der Waals surface area contributed by atoms with E-state index in [1.807, 2.05) is 30.3 Å². The van der Waals surface area contributed by atoms with Gasteiger partial charge in [-0.15, -0.1) is 0 Å². The van der Waals surface area contributed by atoms with E-state index < -0.39 is 5.97 Å². The van der Waals surface area contributed by atoms with Gasteiger partial charge in [0.25, 0.3) is 0 Å². The molecule has 0 amide bonds. The van der Waals surface area contributed by atoms with E-state index in [0.29, 0.717) is 31.3 Å². The SMILES string of the molecule is COC(=O)C=Cc1cnc(NCCOCc2ccccc2)cn1. The summed E-state index contributed by atoms with van der Waals surface area (Å²) in [5.41, 5.74) is 1.73. The number of carbonyl (C=O) groups excluding carboxylic acids is 1. The summed E-state index contributed by atoms with van der Waals surface area (Å²) in [5, 5.41) is 3.12. The summed E-state index contributed by atoms with van der Waals surface area (Å²) in [6.07, 6.45) is 6.03. The molecule has 0 radical (unpaired) electrons. The van der Waals surface area contributed by atoms with Crippen LogP contribution in [0.25, 0.3) is 6.08 Å². The van der Waals surface area contributed by atoms with E-state index >= 15 is 0 Å². The minimum Gasteiger partial charge on any atom is -0.466 e. The van der Waals surface area contributed by atoms with Crippen LogP contribution in [0, 0.1) is 0 Å². The molecule has 0 aliphatic rings. The summed E-state index contributed by atoms with van der Waals surface area (Å²) in [4.78, 5) is 19.4. The van der Waals surface area contributed by atoms with Gasteiger partial charge < -0.3 is 14.8 Å². The van der Waals surface area contributed by atoms with Gasteiger partial charge in [-0.2, -0.15) is 0 Å². The van der Waals surface area contributed by atoms with Crippen LogP contribution in [0.2, 0.25) is 0 Å². The highest BCUT2D eigenvalue weighted by Gasteiger charge is 1.97. The Balaban J connectivity index is 1.68. The second-order valence-electron chi connectivity index (χ2n) is 4.65. The number of aromatic nitrogens is 2. The molecule has 0 saturated carbocycles. The number of ether oxygens (including phenoxy) is 2. The first-order valence-corrected chi connectivity index (χ1v) is 7.21. The molecule has 6 nitrogen and oxygen atoms in total. The Morgan fingerprint density at radius 2 is 2.04 bits per heavy atom. The number of carbonyl (C=O) groups is 1. The largest absolute Gasteiger partial charge is 0.466 e. The Labute approximate surface area is 135 Å². The third kappa shape index (κ3) is 6.27. The molecule has 0 unspecified atom stereocenters. The standard InChI is InChI=1S/C17H19N3O3/c1-22-17(21)8-7-15-11-20-16(12-19-15)18-9-10-23-13-14-5-3-2-4-6-14/h2-8,11-12H,9-10,13H2,1H3,(H,18,20). The molecule has 0 aliphatic heterocycles. The lowest BCUT2D eigenvalue weighted by Gasteiger charge is -2.06. The third-order valence-electron chi connectivity index (χ3n) is 2.93. The molecule has 1 aromatic heterocycles. The molecule has 0 bridgehead atoms. The Bertz CT molecular complexity index is 627. The number of nitrogens with zero attached hydrogens (tertiary/aromatic N) is 2. The zero-order valence-electron chi connectivity index (χ0n) is 12.9. The lowest BCUT2D eigenvalue weighted by Crippen LogP contribution is -2.10. The van der Waals surface area contributed by atoms with Gasteiger partial charge in [0.2, 0.25) is 0 Å². The van der Waals surface area contributed by atoms with Gasteiger partial charge in [0, 0.05) is 12.6 Å². The number of anilines is 1. The van der Waals surface area contributed by atoms with Crippen LogP contribution in [0.4, 0.5) is 5.82 Å². The van der Waals surface area contributed by atoms with Gasteiger partial charge in [0.05, 0.1) is 38.4 Å². The van der Waals surface area contributed by atoms with Crippen molar-refractivity contribution >= 4 is 17.9 Å². The van der Waals surface area contributed by atoms with E-state index in [0.717, 1.165) is 5.56 Å². The van der Waals surface area contributed by atoms with Crippen molar-refractivity contribution in [2.75, 3.05) is 25.6 Å². The van der Waals surface area contributed by atoms with E-state index in [1.165, 1.54) is 13.2 Å². The second-order valence-corrected chi connectivity index (χ2v) is 4.65.